The van der Waals surface area contributed by atoms with Gasteiger partial charge in [-0.15, -0.1) is 0 Å². The predicted octanol–water partition coefficient (Wildman–Crippen LogP) is 2.29. The number of benzene rings is 1. The highest BCUT2D eigenvalue weighted by atomic mass is 16.2. The van der Waals surface area contributed by atoms with E-state index < -0.39 is 0 Å². The normalized spacial score (nSPS) is 10.3. The number of aromatic nitrogens is 1. The Morgan fingerprint density at radius 3 is 2.60 bits per heavy atom. The average Bonchev–Trinajstić information content (AvgIpc) is 2.45. The third-order valence-corrected chi connectivity index (χ3v) is 3.31. The zero-order chi connectivity index (χ0) is 14.5. The third kappa shape index (κ3) is 3.35. The lowest BCUT2D eigenvalue weighted by atomic mass is 10.1. The minimum atomic E-state index is 0.0246. The zero-order valence-electron chi connectivity index (χ0n) is 11.8. The number of carbonyl (C=O) groups is 1. The number of anilines is 1. The zero-order valence-corrected chi connectivity index (χ0v) is 11.8. The van der Waals surface area contributed by atoms with Crippen LogP contribution in [-0.4, -0.2) is 29.4 Å². The molecule has 2 rings (SSSR count). The predicted molar refractivity (Wildman–Crippen MR) is 80.5 cm³/mol. The van der Waals surface area contributed by atoms with E-state index in [9.17, 15) is 4.79 Å². The molecule has 2 aromatic rings. The van der Waals surface area contributed by atoms with Gasteiger partial charge in [-0.25, -0.2) is 0 Å². The van der Waals surface area contributed by atoms with Gasteiger partial charge in [-0.05, 0) is 54.8 Å². The minimum Gasteiger partial charge on any atom is -0.399 e. The second kappa shape index (κ2) is 6.19. The Morgan fingerprint density at radius 1 is 1.25 bits per heavy atom. The van der Waals surface area contributed by atoms with Crippen LogP contribution < -0.4 is 5.73 Å². The monoisotopic (exact) mass is 269 g/mol. The van der Waals surface area contributed by atoms with Crippen LogP contribution >= 0.6 is 0 Å². The molecule has 0 spiro atoms. The van der Waals surface area contributed by atoms with Gasteiger partial charge in [0.2, 0.25) is 0 Å². The van der Waals surface area contributed by atoms with E-state index in [0.717, 1.165) is 12.0 Å². The van der Waals surface area contributed by atoms with Crippen molar-refractivity contribution in [1.29, 1.82) is 0 Å². The van der Waals surface area contributed by atoms with Crippen molar-refractivity contribution in [3.63, 3.8) is 0 Å². The average molecular weight is 269 g/mol. The summed E-state index contributed by atoms with van der Waals surface area (Å²) in [5.41, 5.74) is 9.17. The maximum atomic E-state index is 12.4. The number of amides is 1. The van der Waals surface area contributed by atoms with Crippen LogP contribution in [0.4, 0.5) is 5.69 Å². The molecule has 0 bridgehead atoms. The standard InChI is InChI=1S/C16H19N3O/c1-12-11-14(17)3-4-15(12)16(20)19(2)10-7-13-5-8-18-9-6-13/h3-6,8-9,11H,7,10,17H2,1-2H3. The fraction of sp³-hybridized carbons (Fsp3) is 0.250. The smallest absolute Gasteiger partial charge is 0.253 e. The van der Waals surface area contributed by atoms with Crippen LogP contribution in [0.3, 0.4) is 0 Å². The van der Waals surface area contributed by atoms with Crippen LogP contribution in [0.5, 0.6) is 0 Å². The van der Waals surface area contributed by atoms with E-state index in [1.54, 1.807) is 29.4 Å². The number of hydrogen-bond acceptors (Lipinski definition) is 3. The van der Waals surface area contributed by atoms with Crippen LogP contribution in [0.25, 0.3) is 0 Å². The maximum Gasteiger partial charge on any atom is 0.253 e. The Labute approximate surface area is 119 Å². The highest BCUT2D eigenvalue weighted by Crippen LogP contribution is 2.14. The number of rotatable bonds is 4. The van der Waals surface area contributed by atoms with Crippen LogP contribution in [0.1, 0.15) is 21.5 Å². The van der Waals surface area contributed by atoms with Crippen LogP contribution in [-0.2, 0) is 6.42 Å². The lowest BCUT2D eigenvalue weighted by Crippen LogP contribution is -2.29. The molecule has 4 nitrogen and oxygen atoms in total. The molecule has 1 aromatic heterocycles. The molecule has 0 radical (unpaired) electrons. The Bertz CT molecular complexity index is 596. The van der Waals surface area contributed by atoms with Gasteiger partial charge in [-0.2, -0.15) is 0 Å². The van der Waals surface area contributed by atoms with E-state index in [1.807, 2.05) is 32.2 Å². The maximum absolute atomic E-state index is 12.4. The minimum absolute atomic E-state index is 0.0246. The summed E-state index contributed by atoms with van der Waals surface area (Å²) in [7, 11) is 1.82. The molecular weight excluding hydrogens is 250 g/mol. The first-order valence-corrected chi connectivity index (χ1v) is 6.58. The van der Waals surface area contributed by atoms with Gasteiger partial charge < -0.3 is 10.6 Å². The number of nitrogens with two attached hydrogens (primary N) is 1. The van der Waals surface area contributed by atoms with Crippen molar-refractivity contribution in [2.45, 2.75) is 13.3 Å². The van der Waals surface area contributed by atoms with E-state index >= 15 is 0 Å². The molecule has 0 aliphatic heterocycles. The van der Waals surface area contributed by atoms with Gasteiger partial charge >= 0.3 is 0 Å². The van der Waals surface area contributed by atoms with Crippen molar-refractivity contribution in [2.24, 2.45) is 0 Å². The Balaban J connectivity index is 2.01. The molecule has 20 heavy (non-hydrogen) atoms. The van der Waals surface area contributed by atoms with E-state index in [4.69, 9.17) is 5.73 Å². The number of hydrogen-bond donors (Lipinski definition) is 1. The van der Waals surface area contributed by atoms with Crippen LogP contribution in [0.15, 0.2) is 42.7 Å². The Morgan fingerprint density at radius 2 is 1.95 bits per heavy atom. The van der Waals surface area contributed by atoms with Gasteiger partial charge in [0.1, 0.15) is 0 Å². The second-order valence-corrected chi connectivity index (χ2v) is 4.91. The molecule has 0 aliphatic carbocycles. The molecule has 1 amide bonds. The summed E-state index contributed by atoms with van der Waals surface area (Å²) in [6, 6.07) is 9.30. The van der Waals surface area contributed by atoms with Crippen molar-refractivity contribution < 1.29 is 4.79 Å². The number of nitrogen functional groups attached to an aromatic ring is 1. The van der Waals surface area contributed by atoms with Crippen LogP contribution in [0.2, 0.25) is 0 Å². The van der Waals surface area contributed by atoms with E-state index in [0.29, 0.717) is 17.8 Å². The van der Waals surface area contributed by atoms with E-state index in [1.165, 1.54) is 5.56 Å². The largest absolute Gasteiger partial charge is 0.399 e. The summed E-state index contributed by atoms with van der Waals surface area (Å²) >= 11 is 0. The summed E-state index contributed by atoms with van der Waals surface area (Å²) in [6.45, 7) is 2.58. The first-order valence-electron chi connectivity index (χ1n) is 6.58. The van der Waals surface area contributed by atoms with E-state index in [-0.39, 0.29) is 5.91 Å². The molecule has 104 valence electrons. The lowest BCUT2D eigenvalue weighted by molar-refractivity contribution is 0.0796. The summed E-state index contributed by atoms with van der Waals surface area (Å²) in [4.78, 5) is 18.1. The number of aryl methyl sites for hydroxylation is 1. The molecule has 0 aliphatic rings. The fourth-order valence-electron chi connectivity index (χ4n) is 2.08. The number of likely N-dealkylation sites (N-methyl/N-ethyl adjacent to an activating group) is 1. The summed E-state index contributed by atoms with van der Waals surface area (Å²) < 4.78 is 0. The quantitative estimate of drug-likeness (QED) is 0.866. The molecule has 0 atom stereocenters. The van der Waals surface area contributed by atoms with Crippen molar-refractivity contribution >= 4 is 11.6 Å². The molecule has 0 saturated heterocycles. The van der Waals surface area contributed by atoms with Crippen LogP contribution in [0, 0.1) is 6.92 Å². The Hall–Kier alpha value is -2.36. The number of pyridine rings is 1. The molecule has 2 N–H and O–H groups in total. The highest BCUT2D eigenvalue weighted by molar-refractivity contribution is 5.95. The lowest BCUT2D eigenvalue weighted by Gasteiger charge is -2.18. The first-order chi connectivity index (χ1) is 9.58. The molecule has 1 heterocycles. The van der Waals surface area contributed by atoms with E-state index in [2.05, 4.69) is 4.98 Å². The number of nitrogens with zero attached hydrogens (tertiary/aromatic N) is 2. The SMILES string of the molecule is Cc1cc(N)ccc1C(=O)N(C)CCc1ccncc1. The van der Waals surface area contributed by atoms with Gasteiger partial charge in [0.05, 0.1) is 0 Å². The first kappa shape index (κ1) is 14.1. The van der Waals surface area contributed by atoms with Crippen molar-refractivity contribution in [1.82, 2.24) is 9.88 Å². The van der Waals surface area contributed by atoms with Gasteiger partial charge in [0.25, 0.3) is 5.91 Å². The summed E-state index contributed by atoms with van der Waals surface area (Å²) in [5, 5.41) is 0. The molecular formula is C16H19N3O. The van der Waals surface area contributed by atoms with Crippen molar-refractivity contribution in [2.75, 3.05) is 19.3 Å². The Kier molecular flexibility index (Phi) is 4.35. The second-order valence-electron chi connectivity index (χ2n) is 4.91. The van der Waals surface area contributed by atoms with Gasteiger partial charge in [0.15, 0.2) is 0 Å². The molecule has 4 heteroatoms. The molecule has 0 saturated carbocycles. The highest BCUT2D eigenvalue weighted by Gasteiger charge is 2.13. The molecule has 0 unspecified atom stereocenters. The summed E-state index contributed by atoms with van der Waals surface area (Å²) in [6.07, 6.45) is 4.35. The van der Waals surface area contributed by atoms with Crippen molar-refractivity contribution in [3.8, 4) is 0 Å². The van der Waals surface area contributed by atoms with Gasteiger partial charge in [-0.3, -0.25) is 9.78 Å². The molecule has 1 aromatic carbocycles. The van der Waals surface area contributed by atoms with Gasteiger partial charge in [-0.1, -0.05) is 0 Å². The van der Waals surface area contributed by atoms with Crippen molar-refractivity contribution in [3.05, 3.63) is 59.4 Å². The third-order valence-electron chi connectivity index (χ3n) is 3.31. The summed E-state index contributed by atoms with van der Waals surface area (Å²) in [5.74, 6) is 0.0246. The number of carbonyl (C=O) groups excluding carboxylic acids is 1. The fourth-order valence-corrected chi connectivity index (χ4v) is 2.08. The molecule has 0 fully saturated rings. The topological polar surface area (TPSA) is 59.2 Å². The van der Waals surface area contributed by atoms with Gasteiger partial charge in [0, 0.05) is 37.2 Å².